The van der Waals surface area contributed by atoms with Crippen molar-refractivity contribution < 1.29 is 4.48 Å². The number of quaternary nitrogens is 1. The van der Waals surface area contributed by atoms with Gasteiger partial charge >= 0.3 is 0 Å². The molecule has 0 bridgehead atoms. The highest BCUT2D eigenvalue weighted by Crippen LogP contribution is 2.23. The molecule has 0 atom stereocenters. The first-order valence-corrected chi connectivity index (χ1v) is 3.70. The average Bonchev–Trinajstić information content (AvgIpc) is 2.11. The average molecular weight is 138 g/mol. The second-order valence-corrected chi connectivity index (χ2v) is 3.75. The molecule has 0 heterocycles. The minimum absolute atomic E-state index is 0.971. The molecular formula is C9H16N+. The Hall–Kier alpha value is -0.560. The Morgan fingerprint density at radius 1 is 1.30 bits per heavy atom. The number of rotatable bonds is 1. The van der Waals surface area contributed by atoms with E-state index < -0.39 is 0 Å². The Kier molecular flexibility index (Phi) is 1.69. The maximum atomic E-state index is 2.23. The maximum absolute atomic E-state index is 2.23. The third kappa shape index (κ3) is 1.29. The molecule has 0 spiro atoms. The van der Waals surface area contributed by atoms with Gasteiger partial charge in [0.2, 0.25) is 0 Å². The van der Waals surface area contributed by atoms with Gasteiger partial charge in [-0.05, 0) is 6.92 Å². The van der Waals surface area contributed by atoms with Crippen LogP contribution in [-0.4, -0.2) is 25.6 Å². The Bertz CT molecular complexity index is 191. The van der Waals surface area contributed by atoms with Gasteiger partial charge in [-0.25, -0.2) is 0 Å². The molecule has 56 valence electrons. The number of hydrogen-bond donors (Lipinski definition) is 0. The van der Waals surface area contributed by atoms with E-state index in [0.717, 1.165) is 10.9 Å². The minimum Gasteiger partial charge on any atom is -0.301 e. The Balaban J connectivity index is 2.86. The Morgan fingerprint density at radius 2 is 1.90 bits per heavy atom. The molecule has 1 aliphatic carbocycles. The lowest BCUT2D eigenvalue weighted by molar-refractivity contribution is -0.832. The van der Waals surface area contributed by atoms with Crippen molar-refractivity contribution in [2.75, 3.05) is 21.1 Å². The lowest BCUT2D eigenvalue weighted by Gasteiger charge is -2.25. The van der Waals surface area contributed by atoms with Crippen LogP contribution in [0.1, 0.15) is 13.3 Å². The van der Waals surface area contributed by atoms with Crippen molar-refractivity contribution in [1.29, 1.82) is 0 Å². The van der Waals surface area contributed by atoms with Crippen LogP contribution in [0.3, 0.4) is 0 Å². The van der Waals surface area contributed by atoms with E-state index in [1.807, 2.05) is 0 Å². The molecule has 0 amide bonds. The van der Waals surface area contributed by atoms with Crippen LogP contribution in [0.4, 0.5) is 0 Å². The highest BCUT2D eigenvalue weighted by molar-refractivity contribution is 5.28. The molecule has 0 aromatic carbocycles. The van der Waals surface area contributed by atoms with E-state index >= 15 is 0 Å². The van der Waals surface area contributed by atoms with Crippen LogP contribution < -0.4 is 0 Å². The molecule has 1 aliphatic rings. The van der Waals surface area contributed by atoms with Gasteiger partial charge in [0.05, 0.1) is 21.1 Å². The molecule has 1 nitrogen and oxygen atoms in total. The summed E-state index contributed by atoms with van der Waals surface area (Å²) in [6.45, 7) is 2.18. The van der Waals surface area contributed by atoms with Crippen LogP contribution >= 0.6 is 0 Å². The number of allylic oxidation sites excluding steroid dienone is 3. The van der Waals surface area contributed by atoms with Crippen molar-refractivity contribution in [3.05, 3.63) is 23.4 Å². The highest BCUT2D eigenvalue weighted by atomic mass is 15.3. The summed E-state index contributed by atoms with van der Waals surface area (Å²) in [5.74, 6) is 0. The van der Waals surface area contributed by atoms with E-state index in [-0.39, 0.29) is 0 Å². The van der Waals surface area contributed by atoms with Gasteiger partial charge in [0.15, 0.2) is 0 Å². The van der Waals surface area contributed by atoms with Gasteiger partial charge in [-0.1, -0.05) is 12.2 Å². The summed E-state index contributed by atoms with van der Waals surface area (Å²) in [7, 11) is 6.64. The molecule has 1 heteroatoms. The zero-order chi connectivity index (χ0) is 7.78. The fourth-order valence-corrected chi connectivity index (χ4v) is 1.41. The molecule has 1 rings (SSSR count). The second-order valence-electron chi connectivity index (χ2n) is 3.75. The largest absolute Gasteiger partial charge is 0.301 e. The summed E-state index contributed by atoms with van der Waals surface area (Å²) in [5, 5.41) is 0. The fourth-order valence-electron chi connectivity index (χ4n) is 1.41. The third-order valence-electron chi connectivity index (χ3n) is 1.94. The minimum atomic E-state index is 0.971. The third-order valence-corrected chi connectivity index (χ3v) is 1.94. The van der Waals surface area contributed by atoms with Crippen LogP contribution in [-0.2, 0) is 0 Å². The van der Waals surface area contributed by atoms with Gasteiger partial charge in [0.1, 0.15) is 5.70 Å². The van der Waals surface area contributed by atoms with E-state index in [9.17, 15) is 0 Å². The first-order valence-electron chi connectivity index (χ1n) is 3.70. The van der Waals surface area contributed by atoms with E-state index in [4.69, 9.17) is 0 Å². The van der Waals surface area contributed by atoms with Crippen molar-refractivity contribution >= 4 is 0 Å². The van der Waals surface area contributed by atoms with E-state index in [1.165, 1.54) is 11.3 Å². The Labute approximate surface area is 63.2 Å². The normalized spacial score (nSPS) is 18.8. The summed E-state index contributed by atoms with van der Waals surface area (Å²) in [6, 6.07) is 0. The van der Waals surface area contributed by atoms with Crippen LogP contribution in [0.25, 0.3) is 0 Å². The fraction of sp³-hybridized carbons (Fsp3) is 0.556. The van der Waals surface area contributed by atoms with Crippen LogP contribution in [0, 0.1) is 0 Å². The van der Waals surface area contributed by atoms with Gasteiger partial charge in [-0.2, -0.15) is 0 Å². The van der Waals surface area contributed by atoms with Gasteiger partial charge < -0.3 is 4.48 Å². The molecular weight excluding hydrogens is 122 g/mol. The Morgan fingerprint density at radius 3 is 2.10 bits per heavy atom. The molecule has 0 saturated heterocycles. The van der Waals surface area contributed by atoms with Crippen LogP contribution in [0.5, 0.6) is 0 Å². The first kappa shape index (κ1) is 7.55. The zero-order valence-electron chi connectivity index (χ0n) is 7.31. The van der Waals surface area contributed by atoms with Crippen molar-refractivity contribution in [3.8, 4) is 0 Å². The van der Waals surface area contributed by atoms with Gasteiger partial charge in [0.25, 0.3) is 0 Å². The molecule has 0 saturated carbocycles. The molecule has 0 aromatic rings. The van der Waals surface area contributed by atoms with Crippen LogP contribution in [0.2, 0.25) is 0 Å². The molecule has 0 radical (unpaired) electrons. The van der Waals surface area contributed by atoms with E-state index in [1.54, 1.807) is 0 Å². The summed E-state index contributed by atoms with van der Waals surface area (Å²) in [6.07, 6.45) is 5.57. The topological polar surface area (TPSA) is 0 Å². The zero-order valence-corrected chi connectivity index (χ0v) is 7.31. The van der Waals surface area contributed by atoms with Gasteiger partial charge in [0, 0.05) is 12.0 Å². The lowest BCUT2D eigenvalue weighted by atomic mass is 10.2. The SMILES string of the molecule is CC1=C([N+](C)(C)C)CC=C1. The molecule has 0 unspecified atom stereocenters. The molecule has 0 N–H and O–H groups in total. The predicted molar refractivity (Wildman–Crippen MR) is 44.5 cm³/mol. The quantitative estimate of drug-likeness (QED) is 0.486. The smallest absolute Gasteiger partial charge is 0.115 e. The maximum Gasteiger partial charge on any atom is 0.115 e. The summed E-state index contributed by atoms with van der Waals surface area (Å²) < 4.78 is 0.971. The molecule has 0 aromatic heterocycles. The van der Waals surface area contributed by atoms with Crippen molar-refractivity contribution in [2.45, 2.75) is 13.3 Å². The number of hydrogen-bond acceptors (Lipinski definition) is 0. The van der Waals surface area contributed by atoms with E-state index in [0.29, 0.717) is 0 Å². The molecule has 10 heavy (non-hydrogen) atoms. The van der Waals surface area contributed by atoms with Gasteiger partial charge in [-0.3, -0.25) is 0 Å². The van der Waals surface area contributed by atoms with Crippen molar-refractivity contribution in [2.24, 2.45) is 0 Å². The van der Waals surface area contributed by atoms with Crippen molar-refractivity contribution in [3.63, 3.8) is 0 Å². The summed E-state index contributed by atoms with van der Waals surface area (Å²) in [5.41, 5.74) is 2.97. The second kappa shape index (κ2) is 2.24. The van der Waals surface area contributed by atoms with Crippen LogP contribution in [0.15, 0.2) is 23.4 Å². The number of nitrogens with zero attached hydrogens (tertiary/aromatic N) is 1. The lowest BCUT2D eigenvalue weighted by Crippen LogP contribution is -2.33. The molecule has 0 aliphatic heterocycles. The highest BCUT2D eigenvalue weighted by Gasteiger charge is 2.19. The van der Waals surface area contributed by atoms with E-state index in [2.05, 4.69) is 40.2 Å². The van der Waals surface area contributed by atoms with Gasteiger partial charge in [-0.15, -0.1) is 0 Å². The summed E-state index contributed by atoms with van der Waals surface area (Å²) >= 11 is 0. The monoisotopic (exact) mass is 138 g/mol. The standard InChI is InChI=1S/C9H16N/c1-8-6-5-7-9(8)10(2,3)4/h5-6H,7H2,1-4H3/q+1. The van der Waals surface area contributed by atoms with Crippen molar-refractivity contribution in [1.82, 2.24) is 0 Å². The summed E-state index contributed by atoms with van der Waals surface area (Å²) in [4.78, 5) is 0. The molecule has 0 fully saturated rings. The first-order chi connectivity index (χ1) is 4.52. The predicted octanol–water partition coefficient (Wildman–Crippen LogP) is 1.93.